The van der Waals surface area contributed by atoms with E-state index in [-0.39, 0.29) is 0 Å². The highest BCUT2D eigenvalue weighted by atomic mass is 16.6. The zero-order chi connectivity index (χ0) is 11.6. The summed E-state index contributed by atoms with van der Waals surface area (Å²) in [6.07, 6.45) is -3.56. The monoisotopic (exact) mass is 220 g/mol. The van der Waals surface area contributed by atoms with Gasteiger partial charge in [-0.15, -0.1) is 0 Å². The molecule has 1 aliphatic heterocycles. The van der Waals surface area contributed by atoms with Crippen LogP contribution in [0.2, 0.25) is 0 Å². The van der Waals surface area contributed by atoms with Gasteiger partial charge < -0.3 is 31.1 Å². The molecule has 15 heavy (non-hydrogen) atoms. The minimum Gasteiger partial charge on any atom is -0.388 e. The van der Waals surface area contributed by atoms with E-state index < -0.39 is 30.1 Å². The Kier molecular flexibility index (Phi) is 4.05. The maximum atomic E-state index is 9.81. The number of likely N-dealkylation sites (N-methyl/N-ethyl adjacent to an activating group) is 1. The molecular formula is C9H20N2O4. The van der Waals surface area contributed by atoms with Crippen LogP contribution in [0.3, 0.4) is 0 Å². The Morgan fingerprint density at radius 2 is 2.00 bits per heavy atom. The summed E-state index contributed by atoms with van der Waals surface area (Å²) >= 11 is 0. The molecule has 0 amide bonds. The highest BCUT2D eigenvalue weighted by Gasteiger charge is 2.49. The summed E-state index contributed by atoms with van der Waals surface area (Å²) in [7, 11) is 0. The van der Waals surface area contributed by atoms with Crippen LogP contribution in [0.4, 0.5) is 0 Å². The third kappa shape index (κ3) is 2.47. The van der Waals surface area contributed by atoms with E-state index in [2.05, 4.69) is 5.32 Å². The molecule has 1 heterocycles. The van der Waals surface area contributed by atoms with E-state index in [0.717, 1.165) is 0 Å². The first-order valence-electron chi connectivity index (χ1n) is 5.10. The predicted molar refractivity (Wildman–Crippen MR) is 54.0 cm³/mol. The molecule has 0 radical (unpaired) electrons. The van der Waals surface area contributed by atoms with Crippen LogP contribution in [0.5, 0.6) is 0 Å². The first kappa shape index (κ1) is 12.8. The molecule has 1 saturated heterocycles. The van der Waals surface area contributed by atoms with Gasteiger partial charge in [-0.3, -0.25) is 0 Å². The zero-order valence-electron chi connectivity index (χ0n) is 9.05. The topological polar surface area (TPSA) is 108 Å². The first-order valence-corrected chi connectivity index (χ1v) is 5.10. The van der Waals surface area contributed by atoms with Crippen LogP contribution >= 0.6 is 0 Å². The summed E-state index contributed by atoms with van der Waals surface area (Å²) in [6.45, 7) is 4.59. The van der Waals surface area contributed by atoms with Crippen LogP contribution < -0.4 is 11.1 Å². The van der Waals surface area contributed by atoms with Gasteiger partial charge in [-0.2, -0.15) is 0 Å². The average molecular weight is 220 g/mol. The van der Waals surface area contributed by atoms with E-state index in [4.69, 9.17) is 10.5 Å². The lowest BCUT2D eigenvalue weighted by Gasteiger charge is -2.46. The van der Waals surface area contributed by atoms with E-state index in [1.165, 1.54) is 0 Å². The number of aliphatic hydroxyl groups is 3. The molecule has 2 unspecified atom stereocenters. The van der Waals surface area contributed by atoms with E-state index >= 15 is 0 Å². The Bertz CT molecular complexity index is 216. The second-order valence-corrected chi connectivity index (χ2v) is 4.11. The molecule has 0 aromatic heterocycles. The van der Waals surface area contributed by atoms with Gasteiger partial charge in [-0.05, 0) is 13.5 Å². The van der Waals surface area contributed by atoms with Crippen LogP contribution in [-0.4, -0.2) is 58.5 Å². The molecule has 6 N–H and O–H groups in total. The van der Waals surface area contributed by atoms with Crippen molar-refractivity contribution in [1.82, 2.24) is 5.32 Å². The van der Waals surface area contributed by atoms with Gasteiger partial charge in [0.2, 0.25) is 0 Å². The fourth-order valence-electron chi connectivity index (χ4n) is 1.68. The Labute approximate surface area is 89.0 Å². The number of rotatable bonds is 3. The molecule has 5 atom stereocenters. The van der Waals surface area contributed by atoms with Crippen LogP contribution in [-0.2, 0) is 4.74 Å². The molecule has 0 bridgehead atoms. The summed E-state index contributed by atoms with van der Waals surface area (Å²) in [5, 5.41) is 31.9. The Hall–Kier alpha value is -0.240. The minimum atomic E-state index is -1.26. The van der Waals surface area contributed by atoms with E-state index in [1.54, 1.807) is 6.92 Å². The van der Waals surface area contributed by atoms with Crippen LogP contribution in [0.25, 0.3) is 0 Å². The number of aliphatic hydroxyl groups excluding tert-OH is 3. The molecular weight excluding hydrogens is 200 g/mol. The third-order valence-electron chi connectivity index (χ3n) is 2.79. The lowest BCUT2D eigenvalue weighted by Crippen LogP contribution is -2.68. The summed E-state index contributed by atoms with van der Waals surface area (Å²) in [5.41, 5.74) is 4.43. The number of ether oxygens (including phenoxy) is 1. The van der Waals surface area contributed by atoms with Gasteiger partial charge in [0.05, 0.1) is 6.04 Å². The molecule has 1 rings (SSSR count). The van der Waals surface area contributed by atoms with Gasteiger partial charge >= 0.3 is 0 Å². The molecule has 0 aromatic rings. The maximum absolute atomic E-state index is 9.81. The standard InChI is InChI=1S/C9H20N2O4/c1-3-11-4-9(2)7(13)6(12)5(10)8(14)15-9/h5-8,11-14H,3-4,10H2,1-2H3/t5-,6?,7+,8+,9?/m1/s1. The third-order valence-corrected chi connectivity index (χ3v) is 2.79. The van der Waals surface area contributed by atoms with Gasteiger partial charge in [0.1, 0.15) is 17.8 Å². The Morgan fingerprint density at radius 3 is 2.53 bits per heavy atom. The SMILES string of the molecule is CCNCC1(C)O[C@H](O)[C@H](N)C(O)[C@@H]1O. The fraction of sp³-hybridized carbons (Fsp3) is 1.00. The highest BCUT2D eigenvalue weighted by molar-refractivity contribution is 4.99. The second kappa shape index (κ2) is 4.73. The summed E-state index contributed by atoms with van der Waals surface area (Å²) < 4.78 is 5.23. The largest absolute Gasteiger partial charge is 0.388 e. The molecule has 1 fully saturated rings. The second-order valence-electron chi connectivity index (χ2n) is 4.11. The van der Waals surface area contributed by atoms with Crippen LogP contribution in [0.15, 0.2) is 0 Å². The molecule has 90 valence electrons. The molecule has 0 saturated carbocycles. The van der Waals surface area contributed by atoms with Crippen molar-refractivity contribution in [2.45, 2.75) is 44.0 Å². The van der Waals surface area contributed by atoms with Crippen molar-refractivity contribution >= 4 is 0 Å². The fourth-order valence-corrected chi connectivity index (χ4v) is 1.68. The molecule has 6 nitrogen and oxygen atoms in total. The number of hydrogen-bond acceptors (Lipinski definition) is 6. The molecule has 0 aliphatic carbocycles. The summed E-state index contributed by atoms with van der Waals surface area (Å²) in [5.74, 6) is 0. The van der Waals surface area contributed by atoms with Crippen molar-refractivity contribution in [2.75, 3.05) is 13.1 Å². The summed E-state index contributed by atoms with van der Waals surface area (Å²) in [6, 6.07) is -0.977. The first-order chi connectivity index (χ1) is 6.92. The minimum absolute atomic E-state index is 0.339. The maximum Gasteiger partial charge on any atom is 0.173 e. The normalized spacial score (nSPS) is 46.8. The lowest BCUT2D eigenvalue weighted by molar-refractivity contribution is -0.280. The van der Waals surface area contributed by atoms with E-state index in [9.17, 15) is 15.3 Å². The molecule has 0 spiro atoms. The molecule has 6 heteroatoms. The number of hydrogen-bond donors (Lipinski definition) is 5. The van der Waals surface area contributed by atoms with Gasteiger partial charge in [0.25, 0.3) is 0 Å². The summed E-state index contributed by atoms with van der Waals surface area (Å²) in [4.78, 5) is 0. The van der Waals surface area contributed by atoms with Crippen LogP contribution in [0.1, 0.15) is 13.8 Å². The van der Waals surface area contributed by atoms with Crippen LogP contribution in [0, 0.1) is 0 Å². The molecule has 0 aromatic carbocycles. The number of nitrogens with one attached hydrogen (secondary N) is 1. The van der Waals surface area contributed by atoms with Crippen molar-refractivity contribution < 1.29 is 20.1 Å². The average Bonchev–Trinajstić information content (AvgIpc) is 2.21. The lowest BCUT2D eigenvalue weighted by atomic mass is 9.87. The smallest absolute Gasteiger partial charge is 0.173 e. The van der Waals surface area contributed by atoms with Gasteiger partial charge in [-0.25, -0.2) is 0 Å². The van der Waals surface area contributed by atoms with Crippen molar-refractivity contribution in [1.29, 1.82) is 0 Å². The van der Waals surface area contributed by atoms with Crippen molar-refractivity contribution in [3.8, 4) is 0 Å². The highest BCUT2D eigenvalue weighted by Crippen LogP contribution is 2.27. The van der Waals surface area contributed by atoms with Gasteiger partial charge in [-0.1, -0.05) is 6.92 Å². The van der Waals surface area contributed by atoms with E-state index in [1.807, 2.05) is 6.92 Å². The van der Waals surface area contributed by atoms with Gasteiger partial charge in [0.15, 0.2) is 6.29 Å². The predicted octanol–water partition coefficient (Wildman–Crippen LogP) is -2.25. The number of nitrogens with two attached hydrogens (primary N) is 1. The zero-order valence-corrected chi connectivity index (χ0v) is 9.05. The van der Waals surface area contributed by atoms with E-state index in [0.29, 0.717) is 13.1 Å². The van der Waals surface area contributed by atoms with Crippen molar-refractivity contribution in [2.24, 2.45) is 5.73 Å². The molecule has 1 aliphatic rings. The van der Waals surface area contributed by atoms with Crippen molar-refractivity contribution in [3.63, 3.8) is 0 Å². The Morgan fingerprint density at radius 1 is 1.40 bits per heavy atom. The van der Waals surface area contributed by atoms with Gasteiger partial charge in [0, 0.05) is 6.54 Å². The Balaban J connectivity index is 2.72. The van der Waals surface area contributed by atoms with Crippen molar-refractivity contribution in [3.05, 3.63) is 0 Å². The quantitative estimate of drug-likeness (QED) is 0.368.